The van der Waals surface area contributed by atoms with Gasteiger partial charge in [-0.15, -0.1) is 0 Å². The molecule has 0 spiro atoms. The topological polar surface area (TPSA) is 43.4 Å². The van der Waals surface area contributed by atoms with Crippen LogP contribution in [0.15, 0.2) is 66.7 Å². The summed E-state index contributed by atoms with van der Waals surface area (Å²) in [5, 5.41) is 0. The lowest BCUT2D eigenvalue weighted by atomic mass is 9.73. The maximum Gasteiger partial charge on any atom is 0.174 e. The van der Waals surface area contributed by atoms with Crippen molar-refractivity contribution in [3.63, 3.8) is 0 Å². The van der Waals surface area contributed by atoms with Gasteiger partial charge in [0.2, 0.25) is 0 Å². The molecule has 140 valence electrons. The monoisotopic (exact) mass is 370 g/mol. The van der Waals surface area contributed by atoms with E-state index in [4.69, 9.17) is 4.74 Å². The second kappa shape index (κ2) is 7.08. The van der Waals surface area contributed by atoms with E-state index in [1.807, 2.05) is 68.4 Å². The predicted molar refractivity (Wildman–Crippen MR) is 109 cm³/mol. The summed E-state index contributed by atoms with van der Waals surface area (Å²) in [6, 6.07) is 21.0. The van der Waals surface area contributed by atoms with E-state index >= 15 is 0 Å². The number of hydrogen-bond donors (Lipinski definition) is 0. The number of ether oxygens (including phenoxy) is 1. The van der Waals surface area contributed by atoms with Gasteiger partial charge in [-0.25, -0.2) is 0 Å². The van der Waals surface area contributed by atoms with Gasteiger partial charge in [0.1, 0.15) is 17.3 Å². The van der Waals surface area contributed by atoms with Crippen LogP contribution in [0.5, 0.6) is 11.5 Å². The van der Waals surface area contributed by atoms with Crippen LogP contribution in [0.4, 0.5) is 0 Å². The molecule has 2 atom stereocenters. The Morgan fingerprint density at radius 3 is 2.18 bits per heavy atom. The van der Waals surface area contributed by atoms with E-state index in [1.54, 1.807) is 12.1 Å². The normalized spacial score (nSPS) is 15.8. The minimum absolute atomic E-state index is 0.139. The molecular formula is C25H22O3. The molecule has 0 radical (unpaired) electrons. The van der Waals surface area contributed by atoms with E-state index in [9.17, 15) is 9.59 Å². The van der Waals surface area contributed by atoms with E-state index in [0.717, 1.165) is 22.3 Å². The van der Waals surface area contributed by atoms with E-state index in [-0.39, 0.29) is 17.5 Å². The highest BCUT2D eigenvalue weighted by atomic mass is 16.5. The van der Waals surface area contributed by atoms with Crippen LogP contribution >= 0.6 is 0 Å². The molecule has 0 bridgehead atoms. The van der Waals surface area contributed by atoms with Gasteiger partial charge >= 0.3 is 0 Å². The van der Waals surface area contributed by atoms with Crippen molar-refractivity contribution in [1.82, 2.24) is 0 Å². The Balaban J connectivity index is 1.89. The standard InChI is InChI=1S/C25H22O3/c1-15-8-11-18(12-9-15)25(27)23(17(3)26)24-19-6-4-5-7-21(19)28-22-13-10-16(2)14-20(22)24/h4-14,23-24H,1-3H3. The average molecular weight is 370 g/mol. The van der Waals surface area contributed by atoms with Crippen molar-refractivity contribution in [3.05, 3.63) is 94.5 Å². The molecule has 3 aromatic carbocycles. The summed E-state index contributed by atoms with van der Waals surface area (Å²) in [5.41, 5.74) is 4.47. The lowest BCUT2D eigenvalue weighted by Crippen LogP contribution is -2.31. The zero-order valence-corrected chi connectivity index (χ0v) is 16.2. The molecule has 28 heavy (non-hydrogen) atoms. The van der Waals surface area contributed by atoms with E-state index in [2.05, 4.69) is 0 Å². The van der Waals surface area contributed by atoms with Crippen molar-refractivity contribution in [2.45, 2.75) is 26.7 Å². The van der Waals surface area contributed by atoms with Crippen LogP contribution in [-0.2, 0) is 4.79 Å². The van der Waals surface area contributed by atoms with Crippen LogP contribution in [0, 0.1) is 19.8 Å². The minimum atomic E-state index is -0.798. The molecule has 0 aromatic heterocycles. The largest absolute Gasteiger partial charge is 0.457 e. The quantitative estimate of drug-likeness (QED) is 0.442. The maximum atomic E-state index is 13.4. The second-order valence-electron chi connectivity index (χ2n) is 7.48. The first-order valence-electron chi connectivity index (χ1n) is 9.44. The van der Waals surface area contributed by atoms with E-state index in [0.29, 0.717) is 17.1 Å². The summed E-state index contributed by atoms with van der Waals surface area (Å²) >= 11 is 0. The molecule has 3 heteroatoms. The lowest BCUT2D eigenvalue weighted by molar-refractivity contribution is -0.119. The second-order valence-corrected chi connectivity index (χ2v) is 7.48. The van der Waals surface area contributed by atoms with Gasteiger partial charge in [0.15, 0.2) is 5.78 Å². The fourth-order valence-electron chi connectivity index (χ4n) is 3.95. The summed E-state index contributed by atoms with van der Waals surface area (Å²) in [7, 11) is 0. The molecule has 0 aliphatic carbocycles. The summed E-state index contributed by atoms with van der Waals surface area (Å²) in [5.74, 6) is -0.0510. The van der Waals surface area contributed by atoms with Crippen molar-refractivity contribution in [2.24, 2.45) is 5.92 Å². The number of benzene rings is 3. The van der Waals surface area contributed by atoms with Gasteiger partial charge in [-0.05, 0) is 32.9 Å². The molecule has 1 aliphatic rings. The lowest BCUT2D eigenvalue weighted by Gasteiger charge is -2.32. The summed E-state index contributed by atoms with van der Waals surface area (Å²) in [6.45, 7) is 5.48. The van der Waals surface area contributed by atoms with Gasteiger partial charge in [-0.2, -0.15) is 0 Å². The molecule has 0 fully saturated rings. The fourth-order valence-corrected chi connectivity index (χ4v) is 3.95. The van der Waals surface area contributed by atoms with Gasteiger partial charge < -0.3 is 4.74 Å². The van der Waals surface area contributed by atoms with Crippen molar-refractivity contribution < 1.29 is 14.3 Å². The molecule has 0 saturated carbocycles. The maximum absolute atomic E-state index is 13.4. The Morgan fingerprint density at radius 1 is 0.821 bits per heavy atom. The smallest absolute Gasteiger partial charge is 0.174 e. The van der Waals surface area contributed by atoms with Gasteiger partial charge in [-0.3, -0.25) is 9.59 Å². The van der Waals surface area contributed by atoms with Crippen molar-refractivity contribution in [2.75, 3.05) is 0 Å². The molecule has 1 heterocycles. The molecule has 0 N–H and O–H groups in total. The number of aryl methyl sites for hydroxylation is 2. The number of carbonyl (C=O) groups excluding carboxylic acids is 2. The van der Waals surface area contributed by atoms with Crippen LogP contribution in [0.2, 0.25) is 0 Å². The highest BCUT2D eigenvalue weighted by molar-refractivity contribution is 6.11. The SMILES string of the molecule is CC(=O)C(C(=O)c1ccc(C)cc1)C1c2ccccc2Oc2ccc(C)cc21. The number of rotatable bonds is 4. The zero-order valence-electron chi connectivity index (χ0n) is 16.2. The van der Waals surface area contributed by atoms with Crippen LogP contribution in [-0.4, -0.2) is 11.6 Å². The third-order valence-electron chi connectivity index (χ3n) is 5.36. The molecule has 3 aromatic rings. The number of para-hydroxylation sites is 1. The minimum Gasteiger partial charge on any atom is -0.457 e. The Labute approximate surface area is 165 Å². The third kappa shape index (κ3) is 3.13. The number of hydrogen-bond acceptors (Lipinski definition) is 3. The number of ketones is 2. The van der Waals surface area contributed by atoms with Crippen LogP contribution in [0.25, 0.3) is 0 Å². The van der Waals surface area contributed by atoms with Crippen LogP contribution in [0.1, 0.15) is 45.5 Å². The summed E-state index contributed by atoms with van der Waals surface area (Å²) in [4.78, 5) is 26.2. The predicted octanol–water partition coefficient (Wildman–Crippen LogP) is 5.63. The van der Waals surface area contributed by atoms with Crippen molar-refractivity contribution in [3.8, 4) is 11.5 Å². The van der Waals surface area contributed by atoms with Gasteiger partial charge in [-0.1, -0.05) is 65.7 Å². The Morgan fingerprint density at radius 2 is 1.46 bits per heavy atom. The van der Waals surface area contributed by atoms with Gasteiger partial charge in [0.05, 0.1) is 5.92 Å². The highest BCUT2D eigenvalue weighted by Crippen LogP contribution is 2.48. The summed E-state index contributed by atoms with van der Waals surface area (Å²) < 4.78 is 6.07. The molecule has 0 saturated heterocycles. The Kier molecular flexibility index (Phi) is 4.60. The molecular weight excluding hydrogens is 348 g/mol. The molecule has 3 nitrogen and oxygen atoms in total. The molecule has 1 aliphatic heterocycles. The number of fused-ring (bicyclic) bond motifs is 2. The van der Waals surface area contributed by atoms with Gasteiger partial charge in [0, 0.05) is 22.6 Å². The fraction of sp³-hybridized carbons (Fsp3) is 0.200. The van der Waals surface area contributed by atoms with Gasteiger partial charge in [0.25, 0.3) is 0 Å². The molecule has 2 unspecified atom stereocenters. The average Bonchev–Trinajstić information content (AvgIpc) is 2.68. The zero-order chi connectivity index (χ0) is 19.8. The van der Waals surface area contributed by atoms with E-state index in [1.165, 1.54) is 6.92 Å². The molecule has 0 amide bonds. The summed E-state index contributed by atoms with van der Waals surface area (Å²) in [6.07, 6.45) is 0. The van der Waals surface area contributed by atoms with Crippen molar-refractivity contribution >= 4 is 11.6 Å². The van der Waals surface area contributed by atoms with E-state index < -0.39 is 5.92 Å². The first kappa shape index (κ1) is 18.2. The van der Waals surface area contributed by atoms with Crippen LogP contribution < -0.4 is 4.74 Å². The Bertz CT molecular complexity index is 1060. The number of Topliss-reactive ketones (excluding diaryl/α,β-unsaturated/α-hetero) is 2. The molecule has 4 rings (SSSR count). The first-order valence-corrected chi connectivity index (χ1v) is 9.44. The first-order chi connectivity index (χ1) is 13.5. The van der Waals surface area contributed by atoms with Crippen LogP contribution in [0.3, 0.4) is 0 Å². The van der Waals surface area contributed by atoms with Crippen molar-refractivity contribution in [1.29, 1.82) is 0 Å². The Hall–Kier alpha value is -3.20. The highest BCUT2D eigenvalue weighted by Gasteiger charge is 2.40. The number of carbonyl (C=O) groups is 2. The third-order valence-corrected chi connectivity index (χ3v) is 5.36.